The molecule has 0 saturated carbocycles. The summed E-state index contributed by atoms with van der Waals surface area (Å²) >= 11 is 0. The van der Waals surface area contributed by atoms with E-state index in [4.69, 9.17) is 28.0 Å². The van der Waals surface area contributed by atoms with Crippen molar-refractivity contribution in [3.05, 3.63) is 0 Å². The van der Waals surface area contributed by atoms with Crippen molar-refractivity contribution in [2.75, 3.05) is 19.8 Å². The highest BCUT2D eigenvalue weighted by Gasteiger charge is 2.47. The Balaban J connectivity index is 2.48. The number of hydrogen-bond donors (Lipinski definition) is 4. The molecule has 1 aliphatic rings. The Kier molecular flexibility index (Phi) is 38.1. The van der Waals surface area contributed by atoms with Crippen LogP contribution in [-0.4, -0.2) is 94.8 Å². The first-order chi connectivity index (χ1) is 30.9. The van der Waals surface area contributed by atoms with E-state index in [1.165, 1.54) is 154 Å². The lowest BCUT2D eigenvalue weighted by atomic mass is 9.99. The second kappa shape index (κ2) is 40.4. The van der Waals surface area contributed by atoms with Gasteiger partial charge in [0.2, 0.25) is 0 Å². The Bertz CT molecular complexity index is 1190. The summed E-state index contributed by atoms with van der Waals surface area (Å²) in [5.41, 5.74) is 0. The highest BCUT2D eigenvalue weighted by atomic mass is 31.2. The molecule has 4 N–H and O–H groups in total. The molecule has 7 atom stereocenters. The summed E-state index contributed by atoms with van der Waals surface area (Å²) in [5, 5.41) is 30.9. The first kappa shape index (κ1) is 60.4. The van der Waals surface area contributed by atoms with Gasteiger partial charge in [-0.3, -0.25) is 23.4 Å². The number of esters is 3. The summed E-state index contributed by atoms with van der Waals surface area (Å²) in [5.74, 6) is -1.76. The van der Waals surface area contributed by atoms with Crippen LogP contribution in [0.3, 0.4) is 0 Å². The van der Waals surface area contributed by atoms with Crippen LogP contribution in [0.2, 0.25) is 0 Å². The van der Waals surface area contributed by atoms with Crippen LogP contribution >= 0.6 is 7.82 Å². The Morgan fingerprint density at radius 3 is 1.28 bits per heavy atom. The molecule has 378 valence electrons. The van der Waals surface area contributed by atoms with Crippen molar-refractivity contribution >= 4 is 25.7 Å². The van der Waals surface area contributed by atoms with Crippen molar-refractivity contribution in [1.82, 2.24) is 0 Å². The molecule has 1 aliphatic heterocycles. The van der Waals surface area contributed by atoms with Crippen molar-refractivity contribution in [2.45, 2.75) is 276 Å². The van der Waals surface area contributed by atoms with E-state index in [0.717, 1.165) is 45.4 Å². The molecule has 1 saturated heterocycles. The van der Waals surface area contributed by atoms with Gasteiger partial charge in [0.05, 0.1) is 6.61 Å². The minimum atomic E-state index is -5.07. The number of carbonyl (C=O) groups is 3. The number of carbonyl (C=O) groups excluding carboxylic acids is 3. The topological polar surface area (TPSA) is 205 Å². The molecule has 0 aromatic rings. The summed E-state index contributed by atoms with van der Waals surface area (Å²) in [6, 6.07) is 0. The number of phosphoric ester groups is 1. The normalized spacial score (nSPS) is 20.1. The molecule has 0 aliphatic carbocycles. The van der Waals surface area contributed by atoms with Gasteiger partial charge in [0, 0.05) is 19.8 Å². The first-order valence-electron chi connectivity index (χ1n) is 25.7. The van der Waals surface area contributed by atoms with Gasteiger partial charge in [-0.25, -0.2) is 4.57 Å². The van der Waals surface area contributed by atoms with E-state index in [1.807, 2.05) is 0 Å². The predicted molar refractivity (Wildman–Crippen MR) is 249 cm³/mol. The maximum Gasteiger partial charge on any atom is 0.474 e. The van der Waals surface area contributed by atoms with Crippen LogP contribution in [0.4, 0.5) is 0 Å². The number of aliphatic hydroxyl groups is 3. The number of phosphoric acid groups is 1. The molecular weight excluding hydrogens is 843 g/mol. The highest BCUT2D eigenvalue weighted by molar-refractivity contribution is 7.47. The second-order valence-electron chi connectivity index (χ2n) is 18.1. The summed E-state index contributed by atoms with van der Waals surface area (Å²) < 4.78 is 44.1. The quantitative estimate of drug-likeness (QED) is 0.0194. The van der Waals surface area contributed by atoms with Crippen LogP contribution in [0, 0.1) is 0 Å². The van der Waals surface area contributed by atoms with Gasteiger partial charge >= 0.3 is 25.7 Å². The monoisotopic (exact) mass is 937 g/mol. The van der Waals surface area contributed by atoms with E-state index in [9.17, 15) is 39.2 Å². The molecule has 0 radical (unpaired) electrons. The molecular formula is C49H93O14P. The largest absolute Gasteiger partial charge is 0.474 e. The first-order valence-corrected chi connectivity index (χ1v) is 27.2. The number of aliphatic hydroxyl groups excluding tert-OH is 3. The molecule has 14 nitrogen and oxygen atoms in total. The average molecular weight is 937 g/mol. The van der Waals surface area contributed by atoms with Crippen molar-refractivity contribution in [1.29, 1.82) is 0 Å². The molecule has 0 aromatic heterocycles. The third-order valence-corrected chi connectivity index (χ3v) is 12.9. The van der Waals surface area contributed by atoms with Crippen molar-refractivity contribution in [2.24, 2.45) is 0 Å². The van der Waals surface area contributed by atoms with Gasteiger partial charge in [-0.05, 0) is 12.8 Å². The van der Waals surface area contributed by atoms with Gasteiger partial charge < -0.3 is 39.2 Å². The van der Waals surface area contributed by atoms with Gasteiger partial charge in [0.1, 0.15) is 37.6 Å². The maximum absolute atomic E-state index is 13.0. The van der Waals surface area contributed by atoms with Crippen LogP contribution in [0.25, 0.3) is 0 Å². The lowest BCUT2D eigenvalue weighted by Gasteiger charge is -2.40. The third-order valence-electron chi connectivity index (χ3n) is 12.0. The SMILES string of the molecule is CCCCCCCCCCCCCCCCCCCC(=O)OC(COC(=O)CCCCCCCCCCCCCCCCC)COP(=O)(O)OC1OC(COC(C)=O)C(O)C(O)C1O. The van der Waals surface area contributed by atoms with E-state index in [1.54, 1.807) is 0 Å². The van der Waals surface area contributed by atoms with Gasteiger partial charge in [-0.2, -0.15) is 0 Å². The van der Waals surface area contributed by atoms with Crippen LogP contribution in [0.1, 0.15) is 239 Å². The van der Waals surface area contributed by atoms with Gasteiger partial charge in [-0.15, -0.1) is 0 Å². The zero-order valence-electron chi connectivity index (χ0n) is 40.4. The third kappa shape index (κ3) is 33.8. The van der Waals surface area contributed by atoms with Crippen LogP contribution in [0.15, 0.2) is 0 Å². The number of hydrogen-bond acceptors (Lipinski definition) is 13. The molecule has 64 heavy (non-hydrogen) atoms. The fraction of sp³-hybridized carbons (Fsp3) is 0.939. The zero-order valence-corrected chi connectivity index (χ0v) is 41.3. The molecule has 1 fully saturated rings. The second-order valence-corrected chi connectivity index (χ2v) is 19.5. The lowest BCUT2D eigenvalue weighted by molar-refractivity contribution is -0.282. The number of ether oxygens (including phenoxy) is 4. The Hall–Kier alpha value is -1.64. The number of rotatable bonds is 44. The summed E-state index contributed by atoms with van der Waals surface area (Å²) in [6.07, 6.45) is 28.9. The molecule has 15 heteroatoms. The highest BCUT2D eigenvalue weighted by Crippen LogP contribution is 2.46. The summed E-state index contributed by atoms with van der Waals surface area (Å²) in [7, 11) is -5.07. The molecule has 0 bridgehead atoms. The molecule has 0 aromatic carbocycles. The Labute approximate surface area is 387 Å². The standard InChI is InChI=1S/C49H93O14P/c1-4-6-8-10-12-14-16-18-20-21-23-25-27-29-31-33-35-37-45(52)61-42(38-59-44(51)36-34-32-30-28-26-24-22-19-17-15-13-11-9-7-5-2)39-60-64(56,57)63-49-48(55)47(54)46(53)43(62-49)40-58-41(3)50/h42-43,46-49,53-55H,4-40H2,1-3H3,(H,56,57). The van der Waals surface area contributed by atoms with E-state index in [2.05, 4.69) is 13.8 Å². The predicted octanol–water partition coefficient (Wildman–Crippen LogP) is 11.2. The lowest BCUT2D eigenvalue weighted by Crippen LogP contribution is -2.59. The van der Waals surface area contributed by atoms with Crippen molar-refractivity contribution in [3.8, 4) is 0 Å². The average Bonchev–Trinajstić information content (AvgIpc) is 3.26. The summed E-state index contributed by atoms with van der Waals surface area (Å²) in [4.78, 5) is 47.3. The maximum atomic E-state index is 13.0. The molecule has 1 rings (SSSR count). The fourth-order valence-corrected chi connectivity index (χ4v) is 8.79. The molecule has 1 heterocycles. The van der Waals surface area contributed by atoms with Gasteiger partial charge in [0.25, 0.3) is 0 Å². The van der Waals surface area contributed by atoms with Crippen molar-refractivity contribution in [3.63, 3.8) is 0 Å². The van der Waals surface area contributed by atoms with Crippen LogP contribution < -0.4 is 0 Å². The van der Waals surface area contributed by atoms with E-state index in [-0.39, 0.29) is 12.8 Å². The minimum absolute atomic E-state index is 0.113. The van der Waals surface area contributed by atoms with Crippen LogP contribution in [-0.2, 0) is 46.9 Å². The van der Waals surface area contributed by atoms with E-state index < -0.39 is 82.4 Å². The Morgan fingerprint density at radius 1 is 0.516 bits per heavy atom. The van der Waals surface area contributed by atoms with Gasteiger partial charge in [-0.1, -0.05) is 206 Å². The smallest absolute Gasteiger partial charge is 0.463 e. The van der Waals surface area contributed by atoms with Crippen LogP contribution in [0.5, 0.6) is 0 Å². The molecule has 0 amide bonds. The zero-order chi connectivity index (χ0) is 47.1. The Morgan fingerprint density at radius 2 is 0.891 bits per heavy atom. The summed E-state index contributed by atoms with van der Waals surface area (Å²) in [6.45, 7) is 3.97. The molecule has 0 spiro atoms. The van der Waals surface area contributed by atoms with Crippen molar-refractivity contribution < 1.29 is 67.2 Å². The fourth-order valence-electron chi connectivity index (χ4n) is 7.93. The minimum Gasteiger partial charge on any atom is -0.463 e. The van der Waals surface area contributed by atoms with Gasteiger partial charge in [0.15, 0.2) is 12.4 Å². The van der Waals surface area contributed by atoms with E-state index >= 15 is 0 Å². The van der Waals surface area contributed by atoms with E-state index in [0.29, 0.717) is 12.8 Å². The molecule has 7 unspecified atom stereocenters. The number of unbranched alkanes of at least 4 members (excludes halogenated alkanes) is 30.